The minimum absolute atomic E-state index is 0.0985. The topological polar surface area (TPSA) is 120 Å². The molecular weight excluding hydrogens is 723 g/mol. The number of aliphatic hydroxyl groups excluding tert-OH is 2. The minimum atomic E-state index is -0.717. The van der Waals surface area contributed by atoms with Gasteiger partial charge in [0.1, 0.15) is 11.9 Å². The van der Waals surface area contributed by atoms with Crippen molar-refractivity contribution in [2.24, 2.45) is 44.8 Å². The van der Waals surface area contributed by atoms with Crippen LogP contribution in [0.25, 0.3) is 11.0 Å². The van der Waals surface area contributed by atoms with Gasteiger partial charge in [-0.2, -0.15) is 0 Å². The lowest BCUT2D eigenvalue weighted by Gasteiger charge is -2.70. The first-order chi connectivity index (χ1) is 27.2. The number of hydrogen-bond acceptors (Lipinski definition) is 6. The molecule has 3 aromatic rings. The molecule has 4 heterocycles. The van der Waals surface area contributed by atoms with Gasteiger partial charge < -0.3 is 29.8 Å². The van der Waals surface area contributed by atoms with E-state index >= 15 is 4.79 Å². The molecule has 9 rings (SSSR count). The van der Waals surface area contributed by atoms with Gasteiger partial charge in [0.05, 0.1) is 28.8 Å². The maximum absolute atomic E-state index is 15.2. The lowest BCUT2D eigenvalue weighted by atomic mass is 9.34. The minimum Gasteiger partial charge on any atom is -0.392 e. The van der Waals surface area contributed by atoms with Gasteiger partial charge in [-0.3, -0.25) is 9.59 Å². The van der Waals surface area contributed by atoms with Crippen molar-refractivity contribution in [1.29, 1.82) is 0 Å². The van der Waals surface area contributed by atoms with Gasteiger partial charge in [0.25, 0.3) is 0 Å². The van der Waals surface area contributed by atoms with E-state index in [1.54, 1.807) is 0 Å². The van der Waals surface area contributed by atoms with Crippen LogP contribution in [0, 0.1) is 58.7 Å². The number of ketones is 2. The third-order valence-electron chi connectivity index (χ3n) is 17.9. The third kappa shape index (κ3) is 5.66. The fourth-order valence-corrected chi connectivity index (χ4v) is 15.1. The Morgan fingerprint density at radius 2 is 1.71 bits per heavy atom. The van der Waals surface area contributed by atoms with E-state index in [0.29, 0.717) is 38.0 Å². The van der Waals surface area contributed by atoms with Crippen molar-refractivity contribution in [3.8, 4) is 0 Å². The molecule has 2 aliphatic heterocycles. The zero-order valence-electron chi connectivity index (χ0n) is 36.9. The average Bonchev–Trinajstić information content (AvgIpc) is 3.39. The molecule has 0 unspecified atom stereocenters. The molecule has 0 amide bonds. The van der Waals surface area contributed by atoms with E-state index in [-0.39, 0.29) is 46.1 Å². The fourth-order valence-electron chi connectivity index (χ4n) is 15.1. The number of hydrogen-bond donors (Lipinski definition) is 4. The van der Waals surface area contributed by atoms with Gasteiger partial charge in [-0.1, -0.05) is 63.9 Å². The Morgan fingerprint density at radius 3 is 2.38 bits per heavy atom. The summed E-state index contributed by atoms with van der Waals surface area (Å²) in [6.07, 6.45) is 9.78. The Labute approximate surface area is 346 Å². The summed E-state index contributed by atoms with van der Waals surface area (Å²) < 4.78 is 8.44. The molecule has 4 aliphatic carbocycles. The van der Waals surface area contributed by atoms with Crippen LogP contribution in [0.4, 0.5) is 0 Å². The molecule has 8 nitrogen and oxygen atoms in total. The van der Waals surface area contributed by atoms with Gasteiger partial charge in [0, 0.05) is 60.5 Å². The Kier molecular flexibility index (Phi) is 9.21. The first-order valence-electron chi connectivity index (χ1n) is 22.5. The highest BCUT2D eigenvalue weighted by atomic mass is 16.6. The second-order valence-electron chi connectivity index (χ2n) is 22.0. The molecule has 1 saturated heterocycles. The maximum atomic E-state index is 15.2. The number of aryl methyl sites for hydroxylation is 3. The number of benzene rings is 1. The summed E-state index contributed by atoms with van der Waals surface area (Å²) in [4.78, 5) is 32.9. The van der Waals surface area contributed by atoms with E-state index in [9.17, 15) is 15.0 Å². The Hall–Kier alpha value is -3.04. The third-order valence-corrected chi connectivity index (χ3v) is 17.9. The van der Waals surface area contributed by atoms with Crippen molar-refractivity contribution >= 4 is 22.6 Å². The number of epoxide rings is 1. The van der Waals surface area contributed by atoms with Crippen LogP contribution in [0.5, 0.6) is 0 Å². The summed E-state index contributed by atoms with van der Waals surface area (Å²) in [5.74, 6) is 0.297. The average molecular weight is 792 g/mol. The van der Waals surface area contributed by atoms with Crippen LogP contribution < -0.4 is 5.32 Å². The number of nitrogens with one attached hydrogen (secondary N) is 2. The first kappa shape index (κ1) is 40.4. The molecule has 8 heteroatoms. The summed E-state index contributed by atoms with van der Waals surface area (Å²) in [7, 11) is 1.97. The molecule has 0 spiro atoms. The molecule has 2 aromatic heterocycles. The number of rotatable bonds is 8. The molecule has 4 fully saturated rings. The summed E-state index contributed by atoms with van der Waals surface area (Å²) in [6, 6.07) is 6.79. The highest BCUT2D eigenvalue weighted by Gasteiger charge is 2.73. The number of nitrogens with zero attached hydrogens (tertiary/aromatic N) is 1. The second-order valence-corrected chi connectivity index (χ2v) is 22.0. The number of H-pyrrole nitrogens is 1. The number of ether oxygens (including phenoxy) is 1. The number of allylic oxidation sites excluding steroid dienone is 1. The summed E-state index contributed by atoms with van der Waals surface area (Å²) >= 11 is 0. The zero-order chi connectivity index (χ0) is 41.5. The summed E-state index contributed by atoms with van der Waals surface area (Å²) in [5, 5.41) is 28.8. The van der Waals surface area contributed by atoms with Crippen LogP contribution in [0.15, 0.2) is 41.7 Å². The van der Waals surface area contributed by atoms with Gasteiger partial charge in [0.2, 0.25) is 0 Å². The lowest BCUT2D eigenvalue weighted by molar-refractivity contribution is -0.222. The van der Waals surface area contributed by atoms with Gasteiger partial charge in [0.15, 0.2) is 5.78 Å². The van der Waals surface area contributed by atoms with Crippen LogP contribution in [-0.4, -0.2) is 68.8 Å². The lowest BCUT2D eigenvalue weighted by Crippen LogP contribution is -2.68. The Bertz CT molecular complexity index is 2210. The van der Waals surface area contributed by atoms with Gasteiger partial charge in [-0.05, 0) is 137 Å². The van der Waals surface area contributed by atoms with Crippen molar-refractivity contribution < 1.29 is 24.5 Å². The SMILES string of the molecule is CNCC[C@]1(C)C(=O)CC[C@@]2(C)[C@H]3[C@H](O)[C@@H]4Cn5cc(Cc6cc(C)cc(C)c6)c6[nH]cc(c65)CC[C@@](C)(C[C@@H](O)[C@H]5OC5(C)C)C5=C4[C@](C)(CC5=O)[C@@]3(C)CC[C@H]21. The monoisotopic (exact) mass is 792 g/mol. The first-order valence-corrected chi connectivity index (χ1v) is 22.5. The standard InChI is InChI=1S/C50H69N3O5/c1-28-19-29(2)21-30(20-28)22-32-26-53-27-33-38-39(46(5,23-35(55)44-45(3,4)58-44)14-11-31-25-52-40(32)41(31)53)34(54)24-50(38,9)49(8)16-12-36-47(6,17-18-51-10)37(56)13-15-48(36,7)43(49)42(33)57/h19-21,25-26,33,35-36,42-44,51-52,55,57H,11-18,22-24,27H2,1-10H3/t33-,35-,36+,42-,43-,44-,46+,47+,48-,49+,50+/m1/s1. The van der Waals surface area contributed by atoms with Crippen molar-refractivity contribution in [3.05, 3.63) is 69.6 Å². The maximum Gasteiger partial charge on any atom is 0.160 e. The van der Waals surface area contributed by atoms with Crippen LogP contribution in [0.2, 0.25) is 0 Å². The zero-order valence-corrected chi connectivity index (χ0v) is 36.9. The van der Waals surface area contributed by atoms with Crippen molar-refractivity contribution in [3.63, 3.8) is 0 Å². The van der Waals surface area contributed by atoms with Gasteiger partial charge in [-0.25, -0.2) is 0 Å². The van der Waals surface area contributed by atoms with E-state index in [4.69, 9.17) is 4.74 Å². The van der Waals surface area contributed by atoms with E-state index in [2.05, 4.69) is 93.9 Å². The quantitative estimate of drug-likeness (QED) is 0.171. The summed E-state index contributed by atoms with van der Waals surface area (Å²) in [6.45, 7) is 21.3. The molecule has 4 N–H and O–H groups in total. The molecule has 3 saturated carbocycles. The van der Waals surface area contributed by atoms with Crippen LogP contribution in [0.1, 0.15) is 128 Å². The van der Waals surface area contributed by atoms with E-state index in [1.807, 2.05) is 20.9 Å². The molecule has 1 aromatic carbocycles. The molecule has 314 valence electrons. The number of aromatic amines is 1. The van der Waals surface area contributed by atoms with E-state index in [0.717, 1.165) is 61.7 Å². The number of aromatic nitrogens is 2. The molecule has 58 heavy (non-hydrogen) atoms. The highest BCUT2D eigenvalue weighted by Crippen LogP contribution is 2.76. The fraction of sp³-hybridized carbons (Fsp3) is 0.680. The summed E-state index contributed by atoms with van der Waals surface area (Å²) in [5.41, 5.74) is 8.00. The predicted octanol–water partition coefficient (Wildman–Crippen LogP) is 8.34. The highest BCUT2D eigenvalue weighted by molar-refractivity contribution is 6.02. The molecule has 11 atom stereocenters. The number of carbonyl (C=O) groups is 2. The number of fused-ring (bicyclic) bond motifs is 4. The number of aliphatic hydroxyl groups is 2. The van der Waals surface area contributed by atoms with Crippen molar-refractivity contribution in [1.82, 2.24) is 14.9 Å². The van der Waals surface area contributed by atoms with Gasteiger partial charge in [-0.15, -0.1) is 0 Å². The van der Waals surface area contributed by atoms with Gasteiger partial charge >= 0.3 is 0 Å². The van der Waals surface area contributed by atoms with E-state index in [1.165, 1.54) is 33.3 Å². The van der Waals surface area contributed by atoms with Crippen molar-refractivity contribution in [2.45, 2.75) is 157 Å². The molecule has 0 radical (unpaired) electrons. The predicted molar refractivity (Wildman–Crippen MR) is 229 cm³/mol. The second kappa shape index (κ2) is 13.2. The molecule has 6 aliphatic rings. The number of Topliss-reactive ketones (excluding diaryl/α,β-unsaturated/α-hetero) is 2. The Morgan fingerprint density at radius 1 is 1.00 bits per heavy atom. The smallest absolute Gasteiger partial charge is 0.160 e. The van der Waals surface area contributed by atoms with E-state index < -0.39 is 28.5 Å². The largest absolute Gasteiger partial charge is 0.392 e. The Balaban J connectivity index is 1.23. The van der Waals surface area contributed by atoms with Crippen LogP contribution >= 0.6 is 0 Å². The van der Waals surface area contributed by atoms with Crippen LogP contribution in [-0.2, 0) is 33.7 Å². The molecule has 0 bridgehead atoms. The molecular formula is C50H69N3O5. The van der Waals surface area contributed by atoms with Crippen molar-refractivity contribution in [2.75, 3.05) is 13.6 Å². The van der Waals surface area contributed by atoms with Crippen LogP contribution in [0.3, 0.4) is 0 Å². The number of carbonyl (C=O) groups excluding carboxylic acids is 2. The normalized spacial score (nSPS) is 39.7.